The summed E-state index contributed by atoms with van der Waals surface area (Å²) in [5, 5.41) is 9.18. The third-order valence-electron chi connectivity index (χ3n) is 3.94. The molecule has 10 heteroatoms. The lowest BCUT2D eigenvalue weighted by Crippen LogP contribution is -2.86. The summed E-state index contributed by atoms with van der Waals surface area (Å²) in [5.74, 6) is -1.69. The molecule has 2 aliphatic heterocycles. The maximum atomic E-state index is 12.4. The first-order valence-electron chi connectivity index (χ1n) is 7.01. The lowest BCUT2D eigenvalue weighted by Gasteiger charge is -2.27. The van der Waals surface area contributed by atoms with Gasteiger partial charge in [0.05, 0.1) is 19.7 Å². The number of nitrogens with zero attached hydrogens (tertiary/aromatic N) is 4. The minimum atomic E-state index is -4.27. The van der Waals surface area contributed by atoms with Crippen LogP contribution in [0.2, 0.25) is 0 Å². The fraction of sp³-hybridized carbons (Fsp3) is 0.692. The van der Waals surface area contributed by atoms with Crippen molar-refractivity contribution < 1.29 is 27.8 Å². The van der Waals surface area contributed by atoms with E-state index < -0.39 is 30.6 Å². The minimum absolute atomic E-state index is 0.124. The molecule has 0 radical (unpaired) electrons. The Morgan fingerprint density at radius 1 is 1.30 bits per heavy atom. The maximum Gasteiger partial charge on any atom is 0.417 e. The molecular weight excluding hydrogens is 315 g/mol. The van der Waals surface area contributed by atoms with Crippen LogP contribution in [0.3, 0.4) is 0 Å². The standard InChI is InChI=1S/C13H16F3N5O2/c1-19-10(9(5-17)11(22)20(2)12(19)23)18-8-3-4-21(6-8)7-13(14,15)16/h8-9H,3-4,6-7H2,1-2H3/p+1. The molecule has 2 heterocycles. The molecule has 0 aromatic carbocycles. The normalized spacial score (nSPS) is 28.6. The number of carbonyl (C=O) groups is 2. The molecule has 1 N–H and O–H groups in total. The van der Waals surface area contributed by atoms with E-state index in [9.17, 15) is 28.0 Å². The molecule has 2 fully saturated rings. The second-order valence-corrected chi connectivity index (χ2v) is 5.67. The quantitative estimate of drug-likeness (QED) is 0.686. The van der Waals surface area contributed by atoms with Crippen LogP contribution in [0.25, 0.3) is 0 Å². The molecule has 0 aliphatic carbocycles. The van der Waals surface area contributed by atoms with Crippen molar-refractivity contribution in [3.63, 3.8) is 0 Å². The topological polar surface area (TPSA) is 81.6 Å². The fourth-order valence-corrected chi connectivity index (χ4v) is 2.78. The summed E-state index contributed by atoms with van der Waals surface area (Å²) in [6.07, 6.45) is -3.84. The molecule has 7 nitrogen and oxygen atoms in total. The lowest BCUT2D eigenvalue weighted by atomic mass is 10.1. The van der Waals surface area contributed by atoms with E-state index in [-0.39, 0.29) is 25.0 Å². The number of amidine groups is 1. The highest BCUT2D eigenvalue weighted by atomic mass is 19.4. The first kappa shape index (κ1) is 17.2. The molecule has 0 spiro atoms. The average molecular weight is 332 g/mol. The van der Waals surface area contributed by atoms with Crippen molar-refractivity contribution in [1.29, 1.82) is 5.26 Å². The summed E-state index contributed by atoms with van der Waals surface area (Å²) in [6.45, 7) is -0.612. The van der Waals surface area contributed by atoms with Gasteiger partial charge >= 0.3 is 12.2 Å². The van der Waals surface area contributed by atoms with Gasteiger partial charge in [0.15, 0.2) is 0 Å². The Morgan fingerprint density at radius 2 is 1.96 bits per heavy atom. The van der Waals surface area contributed by atoms with E-state index in [0.717, 1.165) is 9.80 Å². The zero-order valence-corrected chi connectivity index (χ0v) is 12.7. The van der Waals surface area contributed by atoms with Crippen LogP contribution in [0.15, 0.2) is 0 Å². The monoisotopic (exact) mass is 332 g/mol. The van der Waals surface area contributed by atoms with Gasteiger partial charge in [0.25, 0.3) is 11.7 Å². The summed E-state index contributed by atoms with van der Waals surface area (Å²) in [7, 11) is 2.70. The molecule has 0 aromatic heterocycles. The van der Waals surface area contributed by atoms with Crippen LogP contribution in [0.5, 0.6) is 0 Å². The molecule has 0 bridgehead atoms. The van der Waals surface area contributed by atoms with Crippen LogP contribution in [-0.2, 0) is 4.79 Å². The first-order chi connectivity index (χ1) is 10.6. The van der Waals surface area contributed by atoms with Gasteiger partial charge in [0.1, 0.15) is 6.04 Å². The number of imide groups is 1. The predicted molar refractivity (Wildman–Crippen MR) is 71.9 cm³/mol. The Bertz CT molecular complexity index is 583. The summed E-state index contributed by atoms with van der Waals surface area (Å²) in [5.41, 5.74) is 0. The van der Waals surface area contributed by atoms with Crippen LogP contribution < -0.4 is 4.99 Å². The SMILES string of the molecule is CN1C(=O)C(C#N)C(=[NH+]C2CCN(CC(F)(F)F)C2)N(C)C1=O. The van der Waals surface area contributed by atoms with Gasteiger partial charge in [-0.1, -0.05) is 0 Å². The van der Waals surface area contributed by atoms with E-state index in [0.29, 0.717) is 6.42 Å². The Kier molecular flexibility index (Phi) is 4.61. The number of urea groups is 1. The number of halogens is 3. The van der Waals surface area contributed by atoms with Crippen molar-refractivity contribution in [3.05, 3.63) is 0 Å². The molecule has 3 amide bonds. The van der Waals surface area contributed by atoms with E-state index >= 15 is 0 Å². The molecule has 2 aliphatic rings. The molecule has 0 aromatic rings. The number of hydrogen-bond acceptors (Lipinski definition) is 4. The van der Waals surface area contributed by atoms with E-state index in [1.165, 1.54) is 19.0 Å². The number of rotatable bonds is 2. The Hall–Kier alpha value is -2.15. The second kappa shape index (κ2) is 6.16. The Balaban J connectivity index is 2.16. The van der Waals surface area contributed by atoms with E-state index in [4.69, 9.17) is 0 Å². The van der Waals surface area contributed by atoms with Gasteiger partial charge in [-0.2, -0.15) is 23.3 Å². The van der Waals surface area contributed by atoms with Gasteiger partial charge in [0, 0.05) is 26.6 Å². The lowest BCUT2D eigenvalue weighted by molar-refractivity contribution is -0.505. The van der Waals surface area contributed by atoms with Crippen LogP contribution in [0.4, 0.5) is 18.0 Å². The predicted octanol–water partition coefficient (Wildman–Crippen LogP) is -1.23. The molecule has 2 rings (SSSR count). The third kappa shape index (κ3) is 3.61. The first-order valence-corrected chi connectivity index (χ1v) is 7.01. The zero-order chi connectivity index (χ0) is 17.4. The number of alkyl halides is 3. The fourth-order valence-electron chi connectivity index (χ4n) is 2.78. The molecule has 2 unspecified atom stereocenters. The molecule has 23 heavy (non-hydrogen) atoms. The molecule has 0 saturated carbocycles. The number of hydrogen-bond donors (Lipinski definition) is 1. The van der Waals surface area contributed by atoms with Crippen LogP contribution in [-0.4, -0.2) is 78.4 Å². The van der Waals surface area contributed by atoms with Crippen molar-refractivity contribution >= 4 is 17.8 Å². The largest absolute Gasteiger partial charge is 0.417 e. The molecule has 126 valence electrons. The number of carbonyl (C=O) groups excluding carboxylic acids is 2. The van der Waals surface area contributed by atoms with Crippen LogP contribution in [0.1, 0.15) is 6.42 Å². The number of amides is 3. The van der Waals surface area contributed by atoms with Gasteiger partial charge in [-0.25, -0.2) is 9.69 Å². The van der Waals surface area contributed by atoms with Crippen molar-refractivity contribution in [2.75, 3.05) is 33.7 Å². The van der Waals surface area contributed by atoms with E-state index in [1.54, 1.807) is 0 Å². The van der Waals surface area contributed by atoms with Crippen LogP contribution >= 0.6 is 0 Å². The Morgan fingerprint density at radius 3 is 2.52 bits per heavy atom. The molecular formula is C13H17F3N5O2+. The summed E-state index contributed by atoms with van der Waals surface area (Å²) >= 11 is 0. The van der Waals surface area contributed by atoms with Crippen molar-refractivity contribution in [2.45, 2.75) is 18.6 Å². The maximum absolute atomic E-state index is 12.4. The average Bonchev–Trinajstić information content (AvgIpc) is 2.88. The highest BCUT2D eigenvalue weighted by Crippen LogP contribution is 2.19. The molecule has 2 atom stereocenters. The third-order valence-corrected chi connectivity index (χ3v) is 3.94. The highest BCUT2D eigenvalue weighted by molar-refractivity contribution is 6.17. The van der Waals surface area contributed by atoms with Gasteiger partial charge in [0.2, 0.25) is 5.92 Å². The highest BCUT2D eigenvalue weighted by Gasteiger charge is 2.47. The number of nitriles is 1. The summed E-state index contributed by atoms with van der Waals surface area (Å²) in [6, 6.07) is 0.889. The van der Waals surface area contributed by atoms with Gasteiger partial charge in [-0.3, -0.25) is 14.7 Å². The smallest absolute Gasteiger partial charge is 0.291 e. The number of nitrogens with one attached hydrogen (secondary N) is 1. The minimum Gasteiger partial charge on any atom is -0.291 e. The van der Waals surface area contributed by atoms with Crippen molar-refractivity contribution in [2.24, 2.45) is 5.92 Å². The van der Waals surface area contributed by atoms with Gasteiger partial charge in [-0.05, 0) is 0 Å². The summed E-state index contributed by atoms with van der Waals surface area (Å²) in [4.78, 5) is 30.1. The van der Waals surface area contributed by atoms with Crippen molar-refractivity contribution in [1.82, 2.24) is 14.7 Å². The number of likely N-dealkylation sites (tertiary alicyclic amines) is 1. The zero-order valence-electron chi connectivity index (χ0n) is 12.7. The van der Waals surface area contributed by atoms with Crippen molar-refractivity contribution in [3.8, 4) is 6.07 Å². The Labute approximate surface area is 130 Å². The summed E-state index contributed by atoms with van der Waals surface area (Å²) < 4.78 is 37.2. The van der Waals surface area contributed by atoms with Gasteiger partial charge in [-0.15, -0.1) is 0 Å². The van der Waals surface area contributed by atoms with E-state index in [1.807, 2.05) is 6.07 Å². The molecule has 2 saturated heterocycles. The van der Waals surface area contributed by atoms with Gasteiger partial charge < -0.3 is 0 Å². The van der Waals surface area contributed by atoms with E-state index in [2.05, 4.69) is 4.99 Å². The second-order valence-electron chi connectivity index (χ2n) is 5.67. The van der Waals surface area contributed by atoms with Crippen LogP contribution in [0, 0.1) is 17.2 Å².